The lowest BCUT2D eigenvalue weighted by Crippen LogP contribution is -2.20. The molecule has 0 saturated heterocycles. The number of methoxy groups -OCH3 is 1. The molecule has 1 amide bonds. The molecule has 0 radical (unpaired) electrons. The second-order valence-corrected chi connectivity index (χ2v) is 9.41. The Labute approximate surface area is 222 Å². The number of ether oxygens (including phenoxy) is 1. The van der Waals surface area contributed by atoms with E-state index in [0.717, 1.165) is 16.8 Å². The van der Waals surface area contributed by atoms with Gasteiger partial charge in [-0.3, -0.25) is 4.79 Å². The molecule has 0 bridgehead atoms. The van der Waals surface area contributed by atoms with Gasteiger partial charge in [-0.25, -0.2) is 15.4 Å². The van der Waals surface area contributed by atoms with Crippen molar-refractivity contribution in [2.24, 2.45) is 10.2 Å². The number of hydrogen-bond donors (Lipinski definition) is 2. The number of rotatable bonds is 7. The van der Waals surface area contributed by atoms with Gasteiger partial charge in [-0.2, -0.15) is 10.2 Å². The van der Waals surface area contributed by atoms with E-state index >= 15 is 0 Å². The highest BCUT2D eigenvalue weighted by Gasteiger charge is 2.32. The monoisotopic (exact) mass is 531 g/mol. The number of halogens is 1. The van der Waals surface area contributed by atoms with Gasteiger partial charge in [0.2, 0.25) is 5.13 Å². The lowest BCUT2D eigenvalue weighted by molar-refractivity contribution is 0.0951. The zero-order chi connectivity index (χ0) is 25.8. The number of benzene rings is 3. The number of thiazole rings is 1. The Bertz CT molecular complexity index is 1470. The van der Waals surface area contributed by atoms with E-state index in [2.05, 4.69) is 15.5 Å². The molecule has 10 heteroatoms. The molecule has 5 rings (SSSR count). The third kappa shape index (κ3) is 5.32. The molecule has 37 heavy (non-hydrogen) atoms. The number of hydrogen-bond acceptors (Lipinski definition) is 8. The molecule has 0 fully saturated rings. The summed E-state index contributed by atoms with van der Waals surface area (Å²) in [5.74, 6) is -0.223. The number of nitrogens with one attached hydrogen (secondary N) is 1. The Morgan fingerprint density at radius 3 is 2.70 bits per heavy atom. The third-order valence-electron chi connectivity index (χ3n) is 5.81. The minimum atomic E-state index is -0.476. The highest BCUT2D eigenvalue weighted by molar-refractivity contribution is 7.14. The smallest absolute Gasteiger partial charge is 0.290 e. The number of phenols is 1. The maximum absolute atomic E-state index is 12.7. The summed E-state index contributed by atoms with van der Waals surface area (Å²) in [6.07, 6.45) is 2.03. The molecule has 0 unspecified atom stereocenters. The summed E-state index contributed by atoms with van der Waals surface area (Å²) in [6, 6.07) is 22.6. The molecule has 8 nitrogen and oxygen atoms in total. The third-order valence-corrected chi connectivity index (χ3v) is 6.89. The van der Waals surface area contributed by atoms with Crippen molar-refractivity contribution in [1.29, 1.82) is 0 Å². The Morgan fingerprint density at radius 2 is 1.95 bits per heavy atom. The lowest BCUT2D eigenvalue weighted by atomic mass is 9.99. The lowest BCUT2D eigenvalue weighted by Gasteiger charge is -2.21. The van der Waals surface area contributed by atoms with Crippen molar-refractivity contribution in [3.63, 3.8) is 0 Å². The van der Waals surface area contributed by atoms with E-state index in [1.807, 2.05) is 59.6 Å². The summed E-state index contributed by atoms with van der Waals surface area (Å²) < 4.78 is 5.09. The number of hydrazone groups is 2. The number of para-hydroxylation sites is 1. The van der Waals surface area contributed by atoms with Gasteiger partial charge in [0.1, 0.15) is 5.69 Å². The van der Waals surface area contributed by atoms with Gasteiger partial charge in [-0.1, -0.05) is 60.1 Å². The van der Waals surface area contributed by atoms with Gasteiger partial charge >= 0.3 is 0 Å². The fourth-order valence-corrected chi connectivity index (χ4v) is 4.87. The van der Waals surface area contributed by atoms with Crippen LogP contribution < -0.4 is 15.2 Å². The zero-order valence-corrected chi connectivity index (χ0v) is 21.3. The fraction of sp³-hybridized carbons (Fsp3) is 0.111. The van der Waals surface area contributed by atoms with Gasteiger partial charge in [-0.15, -0.1) is 11.3 Å². The number of carbonyl (C=O) groups excluding carboxylic acids is 1. The fourth-order valence-electron chi connectivity index (χ4n) is 3.94. The van der Waals surface area contributed by atoms with Crippen LogP contribution in [0.5, 0.6) is 11.5 Å². The Morgan fingerprint density at radius 1 is 1.16 bits per heavy atom. The largest absolute Gasteiger partial charge is 0.504 e. The molecule has 2 heterocycles. The van der Waals surface area contributed by atoms with Crippen LogP contribution in [-0.4, -0.2) is 35.0 Å². The number of phenolic OH excluding ortho intramolecular Hbond substituents is 1. The number of aromatic nitrogens is 1. The summed E-state index contributed by atoms with van der Waals surface area (Å²) in [4.78, 5) is 17.2. The second-order valence-electron chi connectivity index (χ2n) is 8.14. The maximum atomic E-state index is 12.7. The van der Waals surface area contributed by atoms with E-state index in [-0.39, 0.29) is 17.5 Å². The van der Waals surface area contributed by atoms with Gasteiger partial charge < -0.3 is 9.84 Å². The second kappa shape index (κ2) is 10.8. The van der Waals surface area contributed by atoms with Gasteiger partial charge in [-0.05, 0) is 35.4 Å². The number of aromatic hydroxyl groups is 1. The normalized spacial score (nSPS) is 15.1. The Kier molecular flexibility index (Phi) is 7.16. The van der Waals surface area contributed by atoms with Crippen molar-refractivity contribution >= 4 is 45.9 Å². The van der Waals surface area contributed by atoms with Crippen LogP contribution in [0.15, 0.2) is 88.4 Å². The highest BCUT2D eigenvalue weighted by atomic mass is 35.5. The molecule has 4 aromatic rings. The first-order valence-electron chi connectivity index (χ1n) is 11.4. The van der Waals surface area contributed by atoms with Crippen molar-refractivity contribution in [3.05, 3.63) is 106 Å². The molecule has 2 N–H and O–H groups in total. The van der Waals surface area contributed by atoms with Crippen LogP contribution in [0, 0.1) is 0 Å². The summed E-state index contributed by atoms with van der Waals surface area (Å²) in [6.45, 7) is 0. The minimum absolute atomic E-state index is 0.0618. The summed E-state index contributed by atoms with van der Waals surface area (Å²) in [7, 11) is 1.46. The summed E-state index contributed by atoms with van der Waals surface area (Å²) >= 11 is 7.43. The first kappa shape index (κ1) is 24.5. The van der Waals surface area contributed by atoms with Crippen molar-refractivity contribution < 1.29 is 14.6 Å². The molecule has 0 spiro atoms. The van der Waals surface area contributed by atoms with Gasteiger partial charge in [0.15, 0.2) is 11.5 Å². The van der Waals surface area contributed by atoms with Crippen LogP contribution >= 0.6 is 22.9 Å². The van der Waals surface area contributed by atoms with Gasteiger partial charge in [0.25, 0.3) is 5.91 Å². The highest BCUT2D eigenvalue weighted by Crippen LogP contribution is 2.38. The SMILES string of the molecule is COc1cccc(/C=N/NC(=O)c2csc(N3N=C(c4ccccc4)C[C@H]3c3ccc(Cl)cc3)n2)c1O. The van der Waals surface area contributed by atoms with Crippen molar-refractivity contribution in [2.75, 3.05) is 12.1 Å². The Hall–Kier alpha value is -4.21. The first-order chi connectivity index (χ1) is 18.0. The van der Waals surface area contributed by atoms with E-state index in [0.29, 0.717) is 27.9 Å². The molecular formula is C27H22ClN5O3S. The molecule has 0 saturated carbocycles. The quantitative estimate of drug-likeness (QED) is 0.238. The molecule has 0 aliphatic carbocycles. The van der Waals surface area contributed by atoms with Crippen molar-refractivity contribution in [2.45, 2.75) is 12.5 Å². The van der Waals surface area contributed by atoms with Crippen LogP contribution in [-0.2, 0) is 0 Å². The molecule has 1 aromatic heterocycles. The molecular weight excluding hydrogens is 510 g/mol. The Balaban J connectivity index is 1.36. The van der Waals surface area contributed by atoms with Crippen molar-refractivity contribution in [3.8, 4) is 11.5 Å². The van der Waals surface area contributed by atoms with Crippen LogP contribution in [0.3, 0.4) is 0 Å². The maximum Gasteiger partial charge on any atom is 0.290 e. The summed E-state index contributed by atoms with van der Waals surface area (Å²) in [5, 5.41) is 23.8. The first-order valence-corrected chi connectivity index (χ1v) is 12.6. The van der Waals surface area contributed by atoms with Crippen LogP contribution in [0.2, 0.25) is 5.02 Å². The number of carbonyl (C=O) groups is 1. The van der Waals surface area contributed by atoms with E-state index in [4.69, 9.17) is 21.4 Å². The summed E-state index contributed by atoms with van der Waals surface area (Å²) in [5.41, 5.74) is 6.09. The minimum Gasteiger partial charge on any atom is -0.504 e. The van der Waals surface area contributed by atoms with Crippen LogP contribution in [0.1, 0.15) is 39.6 Å². The number of amides is 1. The molecule has 1 aliphatic heterocycles. The van der Waals surface area contributed by atoms with Crippen LogP contribution in [0.4, 0.5) is 5.13 Å². The van der Waals surface area contributed by atoms with Crippen molar-refractivity contribution in [1.82, 2.24) is 10.4 Å². The average Bonchev–Trinajstić information content (AvgIpc) is 3.59. The average molecular weight is 532 g/mol. The molecule has 1 atom stereocenters. The van der Waals surface area contributed by atoms with E-state index in [9.17, 15) is 9.90 Å². The predicted octanol–water partition coefficient (Wildman–Crippen LogP) is 5.63. The predicted molar refractivity (Wildman–Crippen MR) is 146 cm³/mol. The zero-order valence-electron chi connectivity index (χ0n) is 19.7. The van der Waals surface area contributed by atoms with E-state index < -0.39 is 5.91 Å². The topological polar surface area (TPSA) is 99.4 Å². The standard InChI is InChI=1S/C27H22ClN5O3S/c1-36-24-9-5-8-19(25(24)34)15-29-31-26(35)22-16-37-27(30-22)33-23(18-10-12-20(28)13-11-18)14-21(32-33)17-6-3-2-4-7-17/h2-13,15-16,23,34H,14H2,1H3,(H,31,35)/b29-15+/t23-/m0/s1. The molecule has 3 aromatic carbocycles. The number of anilines is 1. The van der Waals surface area contributed by atoms with Crippen LogP contribution in [0.25, 0.3) is 0 Å². The number of nitrogens with zero attached hydrogens (tertiary/aromatic N) is 4. The van der Waals surface area contributed by atoms with E-state index in [1.165, 1.54) is 24.7 Å². The van der Waals surface area contributed by atoms with E-state index in [1.54, 1.807) is 23.6 Å². The van der Waals surface area contributed by atoms with Gasteiger partial charge in [0, 0.05) is 22.4 Å². The molecule has 186 valence electrons. The van der Waals surface area contributed by atoms with Gasteiger partial charge in [0.05, 0.1) is 25.1 Å². The molecule has 1 aliphatic rings.